The van der Waals surface area contributed by atoms with E-state index in [1.54, 1.807) is 0 Å². The normalized spacial score (nSPS) is 11.3. The van der Waals surface area contributed by atoms with E-state index in [2.05, 4.69) is 15.3 Å². The predicted molar refractivity (Wildman–Crippen MR) is 67.3 cm³/mol. The molecule has 7 nitrogen and oxygen atoms in total. The van der Waals surface area contributed by atoms with Crippen molar-refractivity contribution in [3.05, 3.63) is 22.5 Å². The van der Waals surface area contributed by atoms with Crippen molar-refractivity contribution >= 4 is 11.6 Å². The van der Waals surface area contributed by atoms with Gasteiger partial charge in [-0.3, -0.25) is 10.1 Å². The first-order valence-electron chi connectivity index (χ1n) is 5.88. The molecule has 18 heavy (non-hydrogen) atoms. The van der Waals surface area contributed by atoms with E-state index >= 15 is 0 Å². The molecule has 7 heteroatoms. The van der Waals surface area contributed by atoms with Crippen molar-refractivity contribution in [3.63, 3.8) is 0 Å². The van der Waals surface area contributed by atoms with Crippen LogP contribution in [0.1, 0.15) is 26.7 Å². The fourth-order valence-electron chi connectivity index (χ4n) is 1.55. The first-order valence-corrected chi connectivity index (χ1v) is 5.88. The molecular formula is C11H18N4O3. The van der Waals surface area contributed by atoms with Gasteiger partial charge in [0, 0.05) is 12.0 Å². The molecule has 1 aromatic heterocycles. The summed E-state index contributed by atoms with van der Waals surface area (Å²) in [5, 5.41) is 22.8. The molecule has 1 rings (SSSR count). The molecule has 0 aromatic carbocycles. The molecule has 1 aromatic rings. The Balaban J connectivity index is 2.65. The highest BCUT2D eigenvalue weighted by Crippen LogP contribution is 2.25. The molecule has 0 atom stereocenters. The van der Waals surface area contributed by atoms with E-state index in [-0.39, 0.29) is 17.7 Å². The molecule has 0 unspecified atom stereocenters. The summed E-state index contributed by atoms with van der Waals surface area (Å²) >= 11 is 0. The summed E-state index contributed by atoms with van der Waals surface area (Å²) < 4.78 is 0. The Hall–Kier alpha value is -1.76. The van der Waals surface area contributed by atoms with Gasteiger partial charge in [-0.25, -0.2) is 9.97 Å². The minimum Gasteiger partial charge on any atom is -0.396 e. The maximum Gasteiger partial charge on any atom is 0.305 e. The minimum absolute atomic E-state index is 0.0833. The van der Waals surface area contributed by atoms with Crippen LogP contribution in [0.3, 0.4) is 0 Å². The molecule has 0 spiro atoms. The molecule has 0 aliphatic heterocycles. The Morgan fingerprint density at radius 3 is 2.33 bits per heavy atom. The highest BCUT2D eigenvalue weighted by atomic mass is 16.6. The standard InChI is InChI=1S/C11H18N4O3/c1-3-11(4-2,8-16)7-14-10-12-5-9(6-13-10)15(17)18/h5-6,16H,3-4,7-8H2,1-2H3,(H,12,13,14). The number of aromatic nitrogens is 2. The van der Waals surface area contributed by atoms with Crippen molar-refractivity contribution < 1.29 is 10.0 Å². The van der Waals surface area contributed by atoms with Crippen LogP contribution in [-0.4, -0.2) is 33.1 Å². The Kier molecular flexibility index (Phi) is 4.96. The molecular weight excluding hydrogens is 236 g/mol. The van der Waals surface area contributed by atoms with Crippen LogP contribution < -0.4 is 5.32 Å². The van der Waals surface area contributed by atoms with E-state index in [4.69, 9.17) is 0 Å². The third kappa shape index (κ3) is 3.36. The summed E-state index contributed by atoms with van der Waals surface area (Å²) in [4.78, 5) is 17.6. The Morgan fingerprint density at radius 2 is 1.94 bits per heavy atom. The monoisotopic (exact) mass is 254 g/mol. The van der Waals surface area contributed by atoms with Crippen LogP contribution >= 0.6 is 0 Å². The van der Waals surface area contributed by atoms with Crippen molar-refractivity contribution in [3.8, 4) is 0 Å². The number of anilines is 1. The number of hydrogen-bond acceptors (Lipinski definition) is 6. The number of nitrogens with one attached hydrogen (secondary N) is 1. The predicted octanol–water partition coefficient (Wildman–Crippen LogP) is 1.60. The topological polar surface area (TPSA) is 101 Å². The van der Waals surface area contributed by atoms with Gasteiger partial charge < -0.3 is 10.4 Å². The van der Waals surface area contributed by atoms with E-state index in [9.17, 15) is 15.2 Å². The molecule has 0 saturated heterocycles. The van der Waals surface area contributed by atoms with Gasteiger partial charge in [-0.15, -0.1) is 0 Å². The third-order valence-corrected chi connectivity index (χ3v) is 3.31. The van der Waals surface area contributed by atoms with E-state index < -0.39 is 4.92 Å². The summed E-state index contributed by atoms with van der Waals surface area (Å²) in [5.41, 5.74) is -0.342. The van der Waals surface area contributed by atoms with Gasteiger partial charge in [-0.1, -0.05) is 13.8 Å². The molecule has 0 aliphatic carbocycles. The number of rotatable bonds is 7. The summed E-state index contributed by atoms with van der Waals surface area (Å²) in [6, 6.07) is 0. The number of aliphatic hydroxyl groups excluding tert-OH is 1. The van der Waals surface area contributed by atoms with Crippen LogP contribution in [-0.2, 0) is 0 Å². The SMILES string of the molecule is CCC(CC)(CO)CNc1ncc([N+](=O)[O-])cn1. The second kappa shape index (κ2) is 6.25. The lowest BCUT2D eigenvalue weighted by Gasteiger charge is -2.29. The first kappa shape index (κ1) is 14.3. The van der Waals surface area contributed by atoms with E-state index in [1.807, 2.05) is 13.8 Å². The maximum atomic E-state index is 10.4. The molecule has 0 saturated carbocycles. The van der Waals surface area contributed by atoms with Crippen molar-refractivity contribution in [1.82, 2.24) is 9.97 Å². The zero-order valence-corrected chi connectivity index (χ0v) is 10.6. The fourth-order valence-corrected chi connectivity index (χ4v) is 1.55. The van der Waals surface area contributed by atoms with Crippen molar-refractivity contribution in [1.29, 1.82) is 0 Å². The second-order valence-electron chi connectivity index (χ2n) is 4.24. The van der Waals surface area contributed by atoms with Crippen molar-refractivity contribution in [2.45, 2.75) is 26.7 Å². The van der Waals surface area contributed by atoms with Gasteiger partial charge in [0.05, 0.1) is 11.5 Å². The Bertz CT molecular complexity index is 382. The quantitative estimate of drug-likeness (QED) is 0.566. The highest BCUT2D eigenvalue weighted by Gasteiger charge is 2.25. The van der Waals surface area contributed by atoms with E-state index in [1.165, 1.54) is 0 Å². The first-order chi connectivity index (χ1) is 8.56. The van der Waals surface area contributed by atoms with Crippen LogP contribution in [0.15, 0.2) is 12.4 Å². The Labute approximate surface area is 105 Å². The van der Waals surface area contributed by atoms with Gasteiger partial charge in [-0.2, -0.15) is 0 Å². The molecule has 100 valence electrons. The average molecular weight is 254 g/mol. The Morgan fingerprint density at radius 1 is 1.39 bits per heavy atom. The smallest absolute Gasteiger partial charge is 0.305 e. The number of hydrogen-bond donors (Lipinski definition) is 2. The zero-order chi connectivity index (χ0) is 13.6. The lowest BCUT2D eigenvalue weighted by Crippen LogP contribution is -2.32. The zero-order valence-electron chi connectivity index (χ0n) is 10.6. The summed E-state index contributed by atoms with van der Waals surface area (Å²) in [5.74, 6) is 0.334. The molecule has 0 amide bonds. The largest absolute Gasteiger partial charge is 0.396 e. The number of nitro groups is 1. The van der Waals surface area contributed by atoms with Gasteiger partial charge in [0.15, 0.2) is 0 Å². The van der Waals surface area contributed by atoms with Crippen LogP contribution in [0.25, 0.3) is 0 Å². The van der Waals surface area contributed by atoms with Crippen LogP contribution in [0.5, 0.6) is 0 Å². The third-order valence-electron chi connectivity index (χ3n) is 3.31. The van der Waals surface area contributed by atoms with Gasteiger partial charge >= 0.3 is 5.69 Å². The molecule has 0 radical (unpaired) electrons. The molecule has 1 heterocycles. The van der Waals surface area contributed by atoms with Crippen LogP contribution in [0.2, 0.25) is 0 Å². The summed E-state index contributed by atoms with van der Waals surface area (Å²) in [6.45, 7) is 4.64. The fraction of sp³-hybridized carbons (Fsp3) is 0.636. The second-order valence-corrected chi connectivity index (χ2v) is 4.24. The summed E-state index contributed by atoms with van der Waals surface area (Å²) in [7, 11) is 0. The van der Waals surface area contributed by atoms with Gasteiger partial charge in [0.2, 0.25) is 5.95 Å². The molecule has 0 fully saturated rings. The van der Waals surface area contributed by atoms with Crippen LogP contribution in [0.4, 0.5) is 11.6 Å². The van der Waals surface area contributed by atoms with Gasteiger partial charge in [-0.05, 0) is 12.8 Å². The molecule has 2 N–H and O–H groups in total. The van der Waals surface area contributed by atoms with Crippen LogP contribution in [0, 0.1) is 15.5 Å². The van der Waals surface area contributed by atoms with Crippen molar-refractivity contribution in [2.24, 2.45) is 5.41 Å². The molecule has 0 bridgehead atoms. The number of aliphatic hydroxyl groups is 1. The maximum absolute atomic E-state index is 10.4. The van der Waals surface area contributed by atoms with E-state index in [0.29, 0.717) is 12.5 Å². The number of nitrogens with zero attached hydrogens (tertiary/aromatic N) is 3. The average Bonchev–Trinajstić information content (AvgIpc) is 2.41. The summed E-state index contributed by atoms with van der Waals surface area (Å²) in [6.07, 6.45) is 3.99. The molecule has 0 aliphatic rings. The van der Waals surface area contributed by atoms with Crippen molar-refractivity contribution in [2.75, 3.05) is 18.5 Å². The lowest BCUT2D eigenvalue weighted by molar-refractivity contribution is -0.385. The lowest BCUT2D eigenvalue weighted by atomic mass is 9.83. The van der Waals surface area contributed by atoms with Gasteiger partial charge in [0.25, 0.3) is 0 Å². The van der Waals surface area contributed by atoms with E-state index in [0.717, 1.165) is 25.2 Å². The van der Waals surface area contributed by atoms with Gasteiger partial charge in [0.1, 0.15) is 12.4 Å². The minimum atomic E-state index is -0.542. The highest BCUT2D eigenvalue weighted by molar-refractivity contribution is 5.30.